The molecule has 2 fully saturated rings. The van der Waals surface area contributed by atoms with Gasteiger partial charge in [-0.25, -0.2) is 0 Å². The quantitative estimate of drug-likeness (QED) is 0.778. The maximum Gasteiger partial charge on any atom is 0.0741 e. The summed E-state index contributed by atoms with van der Waals surface area (Å²) in [6.45, 7) is 3.79. The van der Waals surface area contributed by atoms with Crippen molar-refractivity contribution in [1.29, 1.82) is 0 Å². The molecule has 2 heterocycles. The van der Waals surface area contributed by atoms with Crippen LogP contribution >= 0.6 is 0 Å². The number of hydrogen-bond donors (Lipinski definition) is 1. The van der Waals surface area contributed by atoms with E-state index in [1.54, 1.807) is 0 Å². The summed E-state index contributed by atoms with van der Waals surface area (Å²) in [5.41, 5.74) is 1.58. The molecule has 1 aromatic rings. The fourth-order valence-electron chi connectivity index (χ4n) is 3.88. The van der Waals surface area contributed by atoms with Gasteiger partial charge in [0.1, 0.15) is 0 Å². The minimum Gasteiger partial charge on any atom is -0.381 e. The first-order chi connectivity index (χ1) is 11.4. The van der Waals surface area contributed by atoms with Gasteiger partial charge in [0, 0.05) is 25.9 Å². The summed E-state index contributed by atoms with van der Waals surface area (Å²) in [5, 5.41) is 3.77. The summed E-state index contributed by atoms with van der Waals surface area (Å²) >= 11 is 0. The average molecular weight is 317 g/mol. The lowest BCUT2D eigenvalue weighted by molar-refractivity contribution is -0.140. The number of aryl methyl sites for hydroxylation is 1. The van der Waals surface area contributed by atoms with E-state index in [4.69, 9.17) is 9.47 Å². The standard InChI is InChI=1S/C20H31NO2/c1-3-7-18(8-4-1)9-5-2-6-13-21-19-10-14-23-20(17-19)11-15-22-16-12-20/h1,3-4,7-8,19,21H,2,5-6,9-17H2. The summed E-state index contributed by atoms with van der Waals surface area (Å²) in [6.07, 6.45) is 9.56. The van der Waals surface area contributed by atoms with Crippen LogP contribution in [0.2, 0.25) is 0 Å². The second kappa shape index (κ2) is 8.81. The Balaban J connectivity index is 1.28. The molecule has 0 aromatic heterocycles. The van der Waals surface area contributed by atoms with Gasteiger partial charge in [0.05, 0.1) is 5.60 Å². The van der Waals surface area contributed by atoms with Crippen molar-refractivity contribution in [2.45, 2.75) is 63.0 Å². The number of benzene rings is 1. The molecule has 1 unspecified atom stereocenters. The van der Waals surface area contributed by atoms with Crippen molar-refractivity contribution < 1.29 is 9.47 Å². The minimum absolute atomic E-state index is 0.113. The molecule has 2 aliphatic rings. The molecule has 0 radical (unpaired) electrons. The summed E-state index contributed by atoms with van der Waals surface area (Å²) in [7, 11) is 0. The van der Waals surface area contributed by atoms with E-state index in [0.717, 1.165) is 45.6 Å². The zero-order valence-electron chi connectivity index (χ0n) is 14.3. The molecule has 1 N–H and O–H groups in total. The van der Waals surface area contributed by atoms with Crippen molar-refractivity contribution in [3.8, 4) is 0 Å². The Morgan fingerprint density at radius 1 is 1.00 bits per heavy atom. The van der Waals surface area contributed by atoms with Gasteiger partial charge in [-0.05, 0) is 57.1 Å². The molecule has 3 heteroatoms. The van der Waals surface area contributed by atoms with Crippen molar-refractivity contribution in [2.75, 3.05) is 26.4 Å². The molecule has 3 rings (SSSR count). The van der Waals surface area contributed by atoms with Crippen LogP contribution in [-0.2, 0) is 15.9 Å². The van der Waals surface area contributed by atoms with Gasteiger partial charge in [-0.2, -0.15) is 0 Å². The summed E-state index contributed by atoms with van der Waals surface area (Å²) in [6, 6.07) is 11.5. The number of ether oxygens (including phenoxy) is 2. The molecule has 0 aliphatic carbocycles. The third-order valence-electron chi connectivity index (χ3n) is 5.32. The molecule has 0 amide bonds. The molecule has 0 saturated carbocycles. The molecule has 2 saturated heterocycles. The van der Waals surface area contributed by atoms with Crippen molar-refractivity contribution in [2.24, 2.45) is 0 Å². The second-order valence-electron chi connectivity index (χ2n) is 7.08. The number of nitrogens with one attached hydrogen (secondary N) is 1. The van der Waals surface area contributed by atoms with E-state index in [1.807, 2.05) is 0 Å². The predicted molar refractivity (Wildman–Crippen MR) is 93.8 cm³/mol. The fourth-order valence-corrected chi connectivity index (χ4v) is 3.88. The lowest BCUT2D eigenvalue weighted by atomic mass is 9.84. The van der Waals surface area contributed by atoms with Crippen LogP contribution in [0.1, 0.15) is 50.5 Å². The fraction of sp³-hybridized carbons (Fsp3) is 0.700. The Bertz CT molecular complexity index is 437. The van der Waals surface area contributed by atoms with E-state index in [9.17, 15) is 0 Å². The Labute approximate surface area is 140 Å². The molecule has 128 valence electrons. The van der Waals surface area contributed by atoms with Gasteiger partial charge in [0.25, 0.3) is 0 Å². The summed E-state index contributed by atoms with van der Waals surface area (Å²) in [5.74, 6) is 0. The Morgan fingerprint density at radius 3 is 2.65 bits per heavy atom. The van der Waals surface area contributed by atoms with E-state index in [2.05, 4.69) is 35.6 Å². The van der Waals surface area contributed by atoms with Crippen LogP contribution in [0.5, 0.6) is 0 Å². The first kappa shape index (κ1) is 16.9. The van der Waals surface area contributed by atoms with E-state index in [1.165, 1.54) is 37.7 Å². The first-order valence-electron chi connectivity index (χ1n) is 9.35. The highest BCUT2D eigenvalue weighted by atomic mass is 16.5. The van der Waals surface area contributed by atoms with Crippen LogP contribution in [0.4, 0.5) is 0 Å². The minimum atomic E-state index is 0.113. The maximum atomic E-state index is 6.11. The maximum absolute atomic E-state index is 6.11. The normalized spacial score (nSPS) is 23.9. The number of rotatable bonds is 7. The Morgan fingerprint density at radius 2 is 1.83 bits per heavy atom. The van der Waals surface area contributed by atoms with Gasteiger partial charge >= 0.3 is 0 Å². The van der Waals surface area contributed by atoms with Gasteiger partial charge in [0.15, 0.2) is 0 Å². The molecule has 2 aliphatic heterocycles. The van der Waals surface area contributed by atoms with E-state index >= 15 is 0 Å². The van der Waals surface area contributed by atoms with Crippen LogP contribution in [0, 0.1) is 0 Å². The van der Waals surface area contributed by atoms with E-state index in [0.29, 0.717) is 6.04 Å². The SMILES string of the molecule is c1ccc(CCCCCNC2CCOC3(CCOCC3)C2)cc1. The highest BCUT2D eigenvalue weighted by Crippen LogP contribution is 2.34. The molecule has 1 spiro atoms. The van der Waals surface area contributed by atoms with Gasteiger partial charge in [-0.1, -0.05) is 36.8 Å². The van der Waals surface area contributed by atoms with Crippen LogP contribution < -0.4 is 5.32 Å². The third kappa shape index (κ3) is 5.30. The molecular weight excluding hydrogens is 286 g/mol. The first-order valence-corrected chi connectivity index (χ1v) is 9.35. The van der Waals surface area contributed by atoms with Gasteiger partial charge in [-0.3, -0.25) is 0 Å². The Hall–Kier alpha value is -0.900. The average Bonchev–Trinajstić information content (AvgIpc) is 2.60. The summed E-state index contributed by atoms with van der Waals surface area (Å²) in [4.78, 5) is 0. The molecule has 3 nitrogen and oxygen atoms in total. The lowest BCUT2D eigenvalue weighted by Gasteiger charge is -2.43. The smallest absolute Gasteiger partial charge is 0.0741 e. The molecule has 23 heavy (non-hydrogen) atoms. The zero-order valence-corrected chi connectivity index (χ0v) is 14.3. The van der Waals surface area contributed by atoms with Gasteiger partial charge in [-0.15, -0.1) is 0 Å². The van der Waals surface area contributed by atoms with Crippen LogP contribution in [0.15, 0.2) is 30.3 Å². The summed E-state index contributed by atoms with van der Waals surface area (Å²) < 4.78 is 11.6. The van der Waals surface area contributed by atoms with Crippen molar-refractivity contribution >= 4 is 0 Å². The largest absolute Gasteiger partial charge is 0.381 e. The van der Waals surface area contributed by atoms with E-state index in [-0.39, 0.29) is 5.60 Å². The second-order valence-corrected chi connectivity index (χ2v) is 7.08. The van der Waals surface area contributed by atoms with Crippen LogP contribution in [0.25, 0.3) is 0 Å². The van der Waals surface area contributed by atoms with Crippen molar-refractivity contribution in [3.05, 3.63) is 35.9 Å². The monoisotopic (exact) mass is 317 g/mol. The number of unbranched alkanes of at least 4 members (excludes halogenated alkanes) is 2. The van der Waals surface area contributed by atoms with Gasteiger partial charge < -0.3 is 14.8 Å². The zero-order chi connectivity index (χ0) is 15.8. The molecule has 0 bridgehead atoms. The molecular formula is C20H31NO2. The number of hydrogen-bond acceptors (Lipinski definition) is 3. The van der Waals surface area contributed by atoms with E-state index < -0.39 is 0 Å². The Kier molecular flexibility index (Phi) is 6.49. The predicted octanol–water partition coefficient (Wildman–Crippen LogP) is 3.72. The van der Waals surface area contributed by atoms with Crippen LogP contribution in [0.3, 0.4) is 0 Å². The third-order valence-corrected chi connectivity index (χ3v) is 5.32. The molecule has 1 aromatic carbocycles. The topological polar surface area (TPSA) is 30.5 Å². The highest BCUT2D eigenvalue weighted by Gasteiger charge is 2.38. The van der Waals surface area contributed by atoms with Crippen LogP contribution in [-0.4, -0.2) is 38.0 Å². The van der Waals surface area contributed by atoms with Crippen molar-refractivity contribution in [3.63, 3.8) is 0 Å². The highest BCUT2D eigenvalue weighted by molar-refractivity contribution is 5.14. The molecule has 1 atom stereocenters. The van der Waals surface area contributed by atoms with Crippen molar-refractivity contribution in [1.82, 2.24) is 5.32 Å². The lowest BCUT2D eigenvalue weighted by Crippen LogP contribution is -2.50. The van der Waals surface area contributed by atoms with Gasteiger partial charge in [0.2, 0.25) is 0 Å².